The number of hydrogen-bond acceptors (Lipinski definition) is 6. The van der Waals surface area contributed by atoms with Gasteiger partial charge in [-0.3, -0.25) is 14.3 Å². The highest BCUT2D eigenvalue weighted by atomic mass is 32.2. The molecule has 8 heteroatoms. The van der Waals surface area contributed by atoms with Crippen LogP contribution in [-0.2, 0) is 4.79 Å². The maximum absolute atomic E-state index is 12.8. The molecule has 162 valence electrons. The summed E-state index contributed by atoms with van der Waals surface area (Å²) in [5.41, 5.74) is 2.89. The Morgan fingerprint density at radius 3 is 2.50 bits per heavy atom. The standard InChI is InChI=1S/C24H23N5O2S/c1-17-11-13-18(14-12-17)29-23(19-8-4-5-9-20(19)31-3)26-27-24(29)32-16-22(30)28(2)21-10-6-7-15-25-21/h4-15H,16H2,1-3H3. The summed E-state index contributed by atoms with van der Waals surface area (Å²) in [6.45, 7) is 2.04. The van der Waals surface area contributed by atoms with Crippen LogP contribution >= 0.6 is 11.8 Å². The Morgan fingerprint density at radius 2 is 1.78 bits per heavy atom. The van der Waals surface area contributed by atoms with Gasteiger partial charge in [0.2, 0.25) is 5.91 Å². The normalized spacial score (nSPS) is 10.7. The van der Waals surface area contributed by atoms with Crippen LogP contribution in [0, 0.1) is 6.92 Å². The molecule has 0 bridgehead atoms. The molecule has 0 aliphatic heterocycles. The van der Waals surface area contributed by atoms with Crippen molar-refractivity contribution >= 4 is 23.5 Å². The number of methoxy groups -OCH3 is 1. The lowest BCUT2D eigenvalue weighted by atomic mass is 10.1. The number of para-hydroxylation sites is 1. The topological polar surface area (TPSA) is 73.1 Å². The largest absolute Gasteiger partial charge is 0.496 e. The number of carbonyl (C=O) groups is 1. The van der Waals surface area contributed by atoms with E-state index >= 15 is 0 Å². The summed E-state index contributed by atoms with van der Waals surface area (Å²) >= 11 is 1.34. The first-order valence-electron chi connectivity index (χ1n) is 10.0. The van der Waals surface area contributed by atoms with E-state index in [4.69, 9.17) is 4.74 Å². The Balaban J connectivity index is 1.67. The Hall–Kier alpha value is -3.65. The molecule has 0 N–H and O–H groups in total. The molecule has 2 aromatic carbocycles. The second-order valence-corrected chi connectivity index (χ2v) is 8.05. The van der Waals surface area contributed by atoms with E-state index in [9.17, 15) is 4.79 Å². The van der Waals surface area contributed by atoms with Crippen molar-refractivity contribution in [3.63, 3.8) is 0 Å². The first-order chi connectivity index (χ1) is 15.6. The molecule has 0 radical (unpaired) electrons. The van der Waals surface area contributed by atoms with Gasteiger partial charge in [0, 0.05) is 18.9 Å². The van der Waals surface area contributed by atoms with E-state index in [1.807, 2.05) is 72.2 Å². The van der Waals surface area contributed by atoms with Gasteiger partial charge in [-0.25, -0.2) is 4.98 Å². The van der Waals surface area contributed by atoms with Crippen LogP contribution in [0.4, 0.5) is 5.82 Å². The molecule has 0 fully saturated rings. The number of carbonyl (C=O) groups excluding carboxylic acids is 1. The van der Waals surface area contributed by atoms with Gasteiger partial charge in [-0.05, 0) is 43.3 Å². The summed E-state index contributed by atoms with van der Waals surface area (Å²) in [4.78, 5) is 18.6. The second kappa shape index (κ2) is 9.65. The summed E-state index contributed by atoms with van der Waals surface area (Å²) in [6.07, 6.45) is 1.67. The van der Waals surface area contributed by atoms with Crippen molar-refractivity contribution in [1.82, 2.24) is 19.7 Å². The number of aryl methyl sites for hydroxylation is 1. The van der Waals surface area contributed by atoms with Crippen molar-refractivity contribution in [2.45, 2.75) is 12.1 Å². The van der Waals surface area contributed by atoms with Crippen LogP contribution in [-0.4, -0.2) is 45.6 Å². The minimum Gasteiger partial charge on any atom is -0.496 e. The van der Waals surface area contributed by atoms with Crippen LogP contribution in [0.1, 0.15) is 5.56 Å². The first-order valence-corrected chi connectivity index (χ1v) is 11.0. The van der Waals surface area contributed by atoms with Crippen LogP contribution in [0.15, 0.2) is 78.1 Å². The third-order valence-corrected chi connectivity index (χ3v) is 5.88. The molecule has 4 aromatic rings. The monoisotopic (exact) mass is 445 g/mol. The zero-order valence-corrected chi connectivity index (χ0v) is 18.9. The highest BCUT2D eigenvalue weighted by Crippen LogP contribution is 2.33. The van der Waals surface area contributed by atoms with E-state index < -0.39 is 0 Å². The van der Waals surface area contributed by atoms with E-state index in [2.05, 4.69) is 15.2 Å². The quantitative estimate of drug-likeness (QED) is 0.393. The number of amides is 1. The molecule has 0 atom stereocenters. The number of nitrogens with zero attached hydrogens (tertiary/aromatic N) is 5. The zero-order chi connectivity index (χ0) is 22.5. The van der Waals surface area contributed by atoms with Crippen molar-refractivity contribution < 1.29 is 9.53 Å². The van der Waals surface area contributed by atoms with Gasteiger partial charge in [0.25, 0.3) is 0 Å². The summed E-state index contributed by atoms with van der Waals surface area (Å²) in [6, 6.07) is 21.3. The molecule has 2 heterocycles. The minimum absolute atomic E-state index is 0.0778. The van der Waals surface area contributed by atoms with Gasteiger partial charge in [0.15, 0.2) is 11.0 Å². The Labute approximate surface area is 191 Å². The molecule has 2 aromatic heterocycles. The van der Waals surface area contributed by atoms with Gasteiger partial charge >= 0.3 is 0 Å². The fraction of sp³-hybridized carbons (Fsp3) is 0.167. The Morgan fingerprint density at radius 1 is 1.03 bits per heavy atom. The number of rotatable bonds is 7. The lowest BCUT2D eigenvalue weighted by Crippen LogP contribution is -2.28. The molecular weight excluding hydrogens is 422 g/mol. The van der Waals surface area contributed by atoms with Crippen molar-refractivity contribution in [2.75, 3.05) is 24.8 Å². The molecule has 32 heavy (non-hydrogen) atoms. The number of benzene rings is 2. The summed E-state index contributed by atoms with van der Waals surface area (Å²) in [7, 11) is 3.35. The average molecular weight is 446 g/mol. The smallest absolute Gasteiger partial charge is 0.238 e. The zero-order valence-electron chi connectivity index (χ0n) is 18.1. The maximum atomic E-state index is 12.8. The highest BCUT2D eigenvalue weighted by Gasteiger charge is 2.21. The van der Waals surface area contributed by atoms with E-state index in [1.165, 1.54) is 11.8 Å². The van der Waals surface area contributed by atoms with E-state index in [0.29, 0.717) is 22.5 Å². The molecule has 0 spiro atoms. The van der Waals surface area contributed by atoms with Crippen LogP contribution in [0.25, 0.3) is 17.1 Å². The van der Waals surface area contributed by atoms with Crippen LogP contribution < -0.4 is 9.64 Å². The lowest BCUT2D eigenvalue weighted by Gasteiger charge is -2.16. The van der Waals surface area contributed by atoms with Gasteiger partial charge in [-0.2, -0.15) is 0 Å². The third-order valence-electron chi connectivity index (χ3n) is 4.97. The first kappa shape index (κ1) is 21.6. The number of anilines is 1. The number of aromatic nitrogens is 4. The molecule has 0 aliphatic rings. The number of hydrogen-bond donors (Lipinski definition) is 0. The lowest BCUT2D eigenvalue weighted by molar-refractivity contribution is -0.115. The van der Waals surface area contributed by atoms with Crippen LogP contribution in [0.3, 0.4) is 0 Å². The maximum Gasteiger partial charge on any atom is 0.238 e. The molecule has 7 nitrogen and oxygen atoms in total. The molecule has 0 unspecified atom stereocenters. The highest BCUT2D eigenvalue weighted by molar-refractivity contribution is 7.99. The summed E-state index contributed by atoms with van der Waals surface area (Å²) < 4.78 is 7.50. The van der Waals surface area contributed by atoms with Crippen LogP contribution in [0.2, 0.25) is 0 Å². The van der Waals surface area contributed by atoms with E-state index in [1.54, 1.807) is 31.3 Å². The van der Waals surface area contributed by atoms with Crippen molar-refractivity contribution in [1.29, 1.82) is 0 Å². The molecule has 1 amide bonds. The van der Waals surface area contributed by atoms with Crippen molar-refractivity contribution in [3.05, 3.63) is 78.5 Å². The molecular formula is C24H23N5O2S. The van der Waals surface area contributed by atoms with Gasteiger partial charge in [-0.1, -0.05) is 47.7 Å². The number of pyridine rings is 1. The average Bonchev–Trinajstić information content (AvgIpc) is 3.26. The Bertz CT molecular complexity index is 1210. The van der Waals surface area contributed by atoms with Gasteiger partial charge in [0.1, 0.15) is 11.6 Å². The van der Waals surface area contributed by atoms with Gasteiger partial charge in [0.05, 0.1) is 18.4 Å². The summed E-state index contributed by atoms with van der Waals surface area (Å²) in [5.74, 6) is 2.08. The minimum atomic E-state index is -0.0778. The molecule has 4 rings (SSSR count). The van der Waals surface area contributed by atoms with Crippen molar-refractivity contribution in [2.24, 2.45) is 0 Å². The predicted octanol–water partition coefficient (Wildman–Crippen LogP) is 4.40. The van der Waals surface area contributed by atoms with Crippen molar-refractivity contribution in [3.8, 4) is 22.8 Å². The van der Waals surface area contributed by atoms with Gasteiger partial charge in [-0.15, -0.1) is 10.2 Å². The summed E-state index contributed by atoms with van der Waals surface area (Å²) in [5, 5.41) is 9.48. The Kier molecular flexibility index (Phi) is 6.51. The van der Waals surface area contributed by atoms with Gasteiger partial charge < -0.3 is 4.74 Å². The predicted molar refractivity (Wildman–Crippen MR) is 126 cm³/mol. The SMILES string of the molecule is COc1ccccc1-c1nnc(SCC(=O)N(C)c2ccccn2)n1-c1ccc(C)cc1. The molecule has 0 saturated carbocycles. The second-order valence-electron chi connectivity index (χ2n) is 7.11. The molecule has 0 saturated heterocycles. The number of thioether (sulfide) groups is 1. The molecule has 0 aliphatic carbocycles. The number of ether oxygens (including phenoxy) is 1. The fourth-order valence-corrected chi connectivity index (χ4v) is 4.06. The third kappa shape index (κ3) is 4.50. The van der Waals surface area contributed by atoms with E-state index in [0.717, 1.165) is 16.8 Å². The van der Waals surface area contributed by atoms with Crippen LogP contribution in [0.5, 0.6) is 5.75 Å². The van der Waals surface area contributed by atoms with E-state index in [-0.39, 0.29) is 11.7 Å². The fourth-order valence-electron chi connectivity index (χ4n) is 3.20.